The normalized spacial score (nSPS) is 16.4. The summed E-state index contributed by atoms with van der Waals surface area (Å²) in [5, 5.41) is 14.7. The number of ether oxygens (including phenoxy) is 1. The number of benzene rings is 1. The van der Waals surface area contributed by atoms with Crippen LogP contribution in [-0.4, -0.2) is 41.3 Å². The Labute approximate surface area is 141 Å². The molecule has 0 radical (unpaired) electrons. The Morgan fingerprint density at radius 1 is 1.56 bits per heavy atom. The van der Waals surface area contributed by atoms with E-state index in [2.05, 4.69) is 20.0 Å². The Hall–Kier alpha value is -3.48. The summed E-state index contributed by atoms with van der Waals surface area (Å²) < 4.78 is 24.1. The van der Waals surface area contributed by atoms with E-state index in [9.17, 15) is 14.0 Å². The predicted molar refractivity (Wildman–Crippen MR) is 80.7 cm³/mol. The van der Waals surface area contributed by atoms with Gasteiger partial charge in [0, 0.05) is 6.92 Å². The molecule has 25 heavy (non-hydrogen) atoms. The summed E-state index contributed by atoms with van der Waals surface area (Å²) in [5.41, 5.74) is 0.330. The van der Waals surface area contributed by atoms with Crippen LogP contribution in [0.5, 0.6) is 0 Å². The predicted octanol–water partition coefficient (Wildman–Crippen LogP) is 1.21. The lowest BCUT2D eigenvalue weighted by atomic mass is 10.1. The van der Waals surface area contributed by atoms with Crippen molar-refractivity contribution in [2.24, 2.45) is 0 Å². The van der Waals surface area contributed by atoms with Crippen LogP contribution in [-0.2, 0) is 9.53 Å². The van der Waals surface area contributed by atoms with Crippen LogP contribution in [0.3, 0.4) is 0 Å². The molecule has 1 saturated heterocycles. The van der Waals surface area contributed by atoms with Crippen molar-refractivity contribution in [3.05, 3.63) is 29.9 Å². The average Bonchev–Trinajstić information content (AvgIpc) is 3.19. The van der Waals surface area contributed by atoms with Gasteiger partial charge in [0.25, 0.3) is 0 Å². The second kappa shape index (κ2) is 6.56. The van der Waals surface area contributed by atoms with Crippen molar-refractivity contribution in [3.8, 4) is 17.5 Å². The lowest BCUT2D eigenvalue weighted by Gasteiger charge is -2.13. The third-order valence-electron chi connectivity index (χ3n) is 3.48. The molecule has 3 rings (SSSR count). The molecule has 2 heterocycles. The number of anilines is 1. The Morgan fingerprint density at radius 3 is 3.00 bits per heavy atom. The van der Waals surface area contributed by atoms with E-state index >= 15 is 0 Å². The van der Waals surface area contributed by atoms with Gasteiger partial charge in [0.2, 0.25) is 11.7 Å². The van der Waals surface area contributed by atoms with Crippen molar-refractivity contribution < 1.29 is 23.2 Å². The number of aromatic nitrogens is 2. The van der Waals surface area contributed by atoms with Crippen molar-refractivity contribution in [3.63, 3.8) is 0 Å². The molecule has 1 aromatic carbocycles. The lowest BCUT2D eigenvalue weighted by Crippen LogP contribution is -2.33. The Bertz CT molecular complexity index is 875. The molecule has 1 aromatic heterocycles. The molecule has 10 heteroatoms. The molecule has 0 spiro atoms. The number of amides is 2. The molecule has 1 aliphatic rings. The van der Waals surface area contributed by atoms with Crippen LogP contribution in [0, 0.1) is 17.1 Å². The van der Waals surface area contributed by atoms with Crippen molar-refractivity contribution in [1.82, 2.24) is 15.5 Å². The maximum absolute atomic E-state index is 14.3. The van der Waals surface area contributed by atoms with Gasteiger partial charge in [0.15, 0.2) is 6.07 Å². The smallest absolute Gasteiger partial charge is 0.414 e. The van der Waals surface area contributed by atoms with Crippen LogP contribution >= 0.6 is 0 Å². The summed E-state index contributed by atoms with van der Waals surface area (Å²) in [5.74, 6) is -1.25. The number of nitriles is 1. The van der Waals surface area contributed by atoms with Gasteiger partial charge in [-0.05, 0) is 18.2 Å². The van der Waals surface area contributed by atoms with Crippen LogP contribution in [0.1, 0.15) is 12.8 Å². The van der Waals surface area contributed by atoms with Gasteiger partial charge < -0.3 is 14.6 Å². The zero-order chi connectivity index (χ0) is 18.0. The van der Waals surface area contributed by atoms with E-state index in [0.717, 1.165) is 6.07 Å². The Balaban J connectivity index is 1.77. The van der Waals surface area contributed by atoms with Gasteiger partial charge in [-0.1, -0.05) is 5.16 Å². The molecule has 0 aliphatic carbocycles. The molecule has 2 amide bonds. The number of hydrogen-bond acceptors (Lipinski definition) is 7. The van der Waals surface area contributed by atoms with Gasteiger partial charge >= 0.3 is 12.0 Å². The molecule has 0 saturated carbocycles. The van der Waals surface area contributed by atoms with Gasteiger partial charge in [0.1, 0.15) is 11.9 Å². The van der Waals surface area contributed by atoms with Gasteiger partial charge in [-0.2, -0.15) is 10.2 Å². The fourth-order valence-electron chi connectivity index (χ4n) is 2.33. The van der Waals surface area contributed by atoms with E-state index in [0.29, 0.717) is 5.69 Å². The highest BCUT2D eigenvalue weighted by Gasteiger charge is 2.32. The lowest BCUT2D eigenvalue weighted by molar-refractivity contribution is -0.119. The molecule has 2 aromatic rings. The summed E-state index contributed by atoms with van der Waals surface area (Å²) >= 11 is 0. The second-order valence-corrected chi connectivity index (χ2v) is 5.25. The quantitative estimate of drug-likeness (QED) is 0.884. The highest BCUT2D eigenvalue weighted by molar-refractivity contribution is 5.90. The molecule has 1 aliphatic heterocycles. The first kappa shape index (κ1) is 16.4. The molecular weight excluding hydrogens is 333 g/mol. The minimum absolute atomic E-state index is 0.0383. The summed E-state index contributed by atoms with van der Waals surface area (Å²) in [4.78, 5) is 27.8. The minimum Gasteiger partial charge on any atom is -0.442 e. The monoisotopic (exact) mass is 345 g/mol. The molecule has 9 nitrogen and oxygen atoms in total. The van der Waals surface area contributed by atoms with Crippen molar-refractivity contribution in [2.45, 2.75) is 13.0 Å². The highest BCUT2D eigenvalue weighted by Crippen LogP contribution is 2.27. The average molecular weight is 345 g/mol. The van der Waals surface area contributed by atoms with E-state index in [1.54, 1.807) is 6.07 Å². The maximum Gasteiger partial charge on any atom is 0.414 e. The summed E-state index contributed by atoms with van der Waals surface area (Å²) in [6, 6.07) is 5.68. The first-order valence-corrected chi connectivity index (χ1v) is 7.24. The van der Waals surface area contributed by atoms with E-state index < -0.39 is 18.0 Å². The van der Waals surface area contributed by atoms with E-state index in [1.165, 1.54) is 24.0 Å². The number of carbonyl (C=O) groups excluding carboxylic acids is 2. The van der Waals surface area contributed by atoms with Crippen LogP contribution in [0.2, 0.25) is 0 Å². The third kappa shape index (κ3) is 3.40. The largest absolute Gasteiger partial charge is 0.442 e. The van der Waals surface area contributed by atoms with E-state index in [-0.39, 0.29) is 36.3 Å². The van der Waals surface area contributed by atoms with Crippen LogP contribution in [0.15, 0.2) is 22.7 Å². The molecule has 0 bridgehead atoms. The van der Waals surface area contributed by atoms with Crippen LogP contribution in [0.25, 0.3) is 11.4 Å². The number of halogens is 1. The van der Waals surface area contributed by atoms with Crippen molar-refractivity contribution in [1.29, 1.82) is 5.26 Å². The fraction of sp³-hybridized carbons (Fsp3) is 0.267. The number of nitrogens with zero attached hydrogens (tertiary/aromatic N) is 4. The molecule has 1 N–H and O–H groups in total. The Morgan fingerprint density at radius 2 is 2.36 bits per heavy atom. The number of nitrogens with one attached hydrogen (secondary N) is 1. The maximum atomic E-state index is 14.3. The van der Waals surface area contributed by atoms with E-state index in [4.69, 9.17) is 10.00 Å². The third-order valence-corrected chi connectivity index (χ3v) is 3.48. The number of cyclic esters (lactones) is 1. The molecular formula is C15H12FN5O4. The molecule has 1 unspecified atom stereocenters. The zero-order valence-electron chi connectivity index (χ0n) is 13.0. The van der Waals surface area contributed by atoms with Gasteiger partial charge in [0.05, 0.1) is 24.3 Å². The Kier molecular flexibility index (Phi) is 4.30. The van der Waals surface area contributed by atoms with Gasteiger partial charge in [-0.15, -0.1) is 0 Å². The standard InChI is InChI=1S/C15H12FN5O4/c1-8(22)18-6-10-7-21(15(23)24-10)9-2-3-11(12(16)4-9)14-19-13(5-17)25-20-14/h2-4,10H,6-7H2,1H3,(H,18,22). The number of rotatable bonds is 4. The molecule has 128 valence electrons. The van der Waals surface area contributed by atoms with Crippen molar-refractivity contribution >= 4 is 17.7 Å². The first-order chi connectivity index (χ1) is 12.0. The van der Waals surface area contributed by atoms with Crippen LogP contribution < -0.4 is 10.2 Å². The molecule has 1 atom stereocenters. The number of carbonyl (C=O) groups is 2. The van der Waals surface area contributed by atoms with Crippen LogP contribution in [0.4, 0.5) is 14.9 Å². The topological polar surface area (TPSA) is 121 Å². The fourth-order valence-corrected chi connectivity index (χ4v) is 2.33. The zero-order valence-corrected chi connectivity index (χ0v) is 13.0. The van der Waals surface area contributed by atoms with Gasteiger partial charge in [-0.3, -0.25) is 9.69 Å². The van der Waals surface area contributed by atoms with Gasteiger partial charge in [-0.25, -0.2) is 9.18 Å². The number of hydrogen-bond donors (Lipinski definition) is 1. The van der Waals surface area contributed by atoms with E-state index in [1.807, 2.05) is 0 Å². The first-order valence-electron chi connectivity index (χ1n) is 7.24. The second-order valence-electron chi connectivity index (χ2n) is 5.25. The summed E-state index contributed by atoms with van der Waals surface area (Å²) in [6.45, 7) is 1.72. The highest BCUT2D eigenvalue weighted by atomic mass is 19.1. The molecule has 1 fully saturated rings. The minimum atomic E-state index is -0.680. The van der Waals surface area contributed by atoms with Crippen molar-refractivity contribution in [2.75, 3.05) is 18.0 Å². The summed E-state index contributed by atoms with van der Waals surface area (Å²) in [6.07, 6.45) is -1.15. The summed E-state index contributed by atoms with van der Waals surface area (Å²) in [7, 11) is 0. The SMILES string of the molecule is CC(=O)NCC1CN(c2ccc(-c3noc(C#N)n3)c(F)c2)C(=O)O1.